The molecule has 0 aliphatic heterocycles. The zero-order chi connectivity index (χ0) is 13.4. The molecular weight excluding hydrogens is 241 g/mol. The van der Waals surface area contributed by atoms with Gasteiger partial charge in [0, 0.05) is 35.9 Å². The smallest absolute Gasteiger partial charge is 0.124 e. The van der Waals surface area contributed by atoms with Crippen LogP contribution in [0.5, 0.6) is 0 Å². The largest absolute Gasteiger partial charge is 0.342 e. The van der Waals surface area contributed by atoms with Gasteiger partial charge in [-0.2, -0.15) is 5.26 Å². The van der Waals surface area contributed by atoms with Crippen LogP contribution in [-0.2, 0) is 7.05 Å². The Morgan fingerprint density at radius 2 is 2.16 bits per heavy atom. The molecule has 0 N–H and O–H groups in total. The van der Waals surface area contributed by atoms with Gasteiger partial charge in [-0.1, -0.05) is 0 Å². The van der Waals surface area contributed by atoms with Crippen LogP contribution in [0, 0.1) is 17.1 Å². The van der Waals surface area contributed by atoms with Gasteiger partial charge in [0.1, 0.15) is 11.9 Å². The van der Waals surface area contributed by atoms with E-state index < -0.39 is 0 Å². The summed E-state index contributed by atoms with van der Waals surface area (Å²) >= 11 is 0. The molecule has 3 nitrogen and oxygen atoms in total. The van der Waals surface area contributed by atoms with Crippen LogP contribution in [0.2, 0.25) is 0 Å². The molecule has 0 unspecified atom stereocenters. The molecule has 0 fully saturated rings. The van der Waals surface area contributed by atoms with Crippen LogP contribution in [0.4, 0.5) is 4.39 Å². The van der Waals surface area contributed by atoms with Crippen molar-refractivity contribution in [1.82, 2.24) is 9.55 Å². The summed E-state index contributed by atoms with van der Waals surface area (Å²) in [7, 11) is 1.86. The van der Waals surface area contributed by atoms with Crippen molar-refractivity contribution in [1.29, 1.82) is 5.26 Å². The fraction of sp³-hybridized carbons (Fsp3) is 0.0667. The molecule has 0 aliphatic carbocycles. The standard InChI is InChI=1S/C15H10FN3/c1-19-14-5-4-11(16)7-12(14)13(8-17)15(19)10-3-2-6-18-9-10/h2-7,9H,1H3. The summed E-state index contributed by atoms with van der Waals surface area (Å²) < 4.78 is 15.3. The summed E-state index contributed by atoms with van der Waals surface area (Å²) in [6.07, 6.45) is 3.38. The minimum Gasteiger partial charge on any atom is -0.342 e. The summed E-state index contributed by atoms with van der Waals surface area (Å²) in [6.45, 7) is 0. The third-order valence-corrected chi connectivity index (χ3v) is 3.21. The number of hydrogen-bond acceptors (Lipinski definition) is 2. The van der Waals surface area contributed by atoms with Gasteiger partial charge in [-0.15, -0.1) is 0 Å². The molecule has 0 spiro atoms. The van der Waals surface area contributed by atoms with Crippen LogP contribution < -0.4 is 0 Å². The molecule has 92 valence electrons. The lowest BCUT2D eigenvalue weighted by Gasteiger charge is -2.04. The van der Waals surface area contributed by atoms with E-state index in [1.807, 2.05) is 23.7 Å². The van der Waals surface area contributed by atoms with Crippen LogP contribution in [-0.4, -0.2) is 9.55 Å². The summed E-state index contributed by atoms with van der Waals surface area (Å²) in [5, 5.41) is 10.0. The van der Waals surface area contributed by atoms with Crippen molar-refractivity contribution in [3.63, 3.8) is 0 Å². The highest BCUT2D eigenvalue weighted by molar-refractivity contribution is 5.94. The average Bonchev–Trinajstić information content (AvgIpc) is 2.71. The highest BCUT2D eigenvalue weighted by Crippen LogP contribution is 2.32. The van der Waals surface area contributed by atoms with E-state index in [2.05, 4.69) is 11.1 Å². The normalized spacial score (nSPS) is 10.6. The second-order valence-electron chi connectivity index (χ2n) is 4.30. The van der Waals surface area contributed by atoms with Crippen molar-refractivity contribution in [2.75, 3.05) is 0 Å². The molecule has 0 atom stereocenters. The molecule has 3 rings (SSSR count). The molecule has 0 amide bonds. The van der Waals surface area contributed by atoms with Gasteiger partial charge >= 0.3 is 0 Å². The van der Waals surface area contributed by atoms with E-state index in [0.29, 0.717) is 10.9 Å². The number of nitrogens with zero attached hydrogens (tertiary/aromatic N) is 3. The van der Waals surface area contributed by atoms with E-state index in [1.165, 1.54) is 12.1 Å². The Morgan fingerprint density at radius 3 is 2.84 bits per heavy atom. The van der Waals surface area contributed by atoms with Gasteiger partial charge in [0.2, 0.25) is 0 Å². The number of pyridine rings is 1. The van der Waals surface area contributed by atoms with Gasteiger partial charge in [-0.25, -0.2) is 4.39 Å². The first kappa shape index (κ1) is 11.4. The Labute approximate surface area is 109 Å². The molecule has 1 aromatic carbocycles. The maximum Gasteiger partial charge on any atom is 0.124 e. The Balaban J connectivity index is 2.43. The zero-order valence-electron chi connectivity index (χ0n) is 10.3. The van der Waals surface area contributed by atoms with Crippen LogP contribution in [0.15, 0.2) is 42.7 Å². The number of hydrogen-bond donors (Lipinski definition) is 0. The molecular formula is C15H10FN3. The Hall–Kier alpha value is -2.67. The first-order chi connectivity index (χ1) is 9.22. The molecule has 4 heteroatoms. The third kappa shape index (κ3) is 1.67. The van der Waals surface area contributed by atoms with E-state index in [9.17, 15) is 9.65 Å². The predicted octanol–water partition coefficient (Wildman–Crippen LogP) is 3.25. The van der Waals surface area contributed by atoms with Crippen molar-refractivity contribution >= 4 is 10.9 Å². The summed E-state index contributed by atoms with van der Waals surface area (Å²) in [4.78, 5) is 4.07. The summed E-state index contributed by atoms with van der Waals surface area (Å²) in [5.41, 5.74) is 2.91. The Kier molecular flexibility index (Phi) is 2.53. The second kappa shape index (κ2) is 4.21. The zero-order valence-corrected chi connectivity index (χ0v) is 10.3. The molecule has 3 aromatic rings. The van der Waals surface area contributed by atoms with Gasteiger partial charge in [0.15, 0.2) is 0 Å². The van der Waals surface area contributed by atoms with Crippen LogP contribution in [0.1, 0.15) is 5.56 Å². The molecule has 0 bridgehead atoms. The van der Waals surface area contributed by atoms with Crippen molar-refractivity contribution in [2.24, 2.45) is 7.05 Å². The van der Waals surface area contributed by atoms with Gasteiger partial charge in [0.05, 0.1) is 11.3 Å². The molecule has 2 heterocycles. The van der Waals surface area contributed by atoms with Gasteiger partial charge < -0.3 is 4.57 Å². The predicted molar refractivity (Wildman–Crippen MR) is 70.8 cm³/mol. The fourth-order valence-electron chi connectivity index (χ4n) is 2.37. The maximum atomic E-state index is 13.4. The van der Waals surface area contributed by atoms with Gasteiger partial charge in [-0.3, -0.25) is 4.98 Å². The van der Waals surface area contributed by atoms with Crippen LogP contribution in [0.25, 0.3) is 22.2 Å². The molecule has 19 heavy (non-hydrogen) atoms. The number of nitriles is 1. The SMILES string of the molecule is Cn1c(-c2cccnc2)c(C#N)c2cc(F)ccc21. The topological polar surface area (TPSA) is 41.6 Å². The number of fused-ring (bicyclic) bond motifs is 1. The Bertz CT molecular complexity index is 798. The lowest BCUT2D eigenvalue weighted by atomic mass is 10.1. The number of benzene rings is 1. The molecule has 0 saturated carbocycles. The van der Waals surface area contributed by atoms with E-state index in [-0.39, 0.29) is 5.82 Å². The summed E-state index contributed by atoms with van der Waals surface area (Å²) in [6, 6.07) is 10.4. The molecule has 2 aromatic heterocycles. The maximum absolute atomic E-state index is 13.4. The number of aryl methyl sites for hydroxylation is 1. The summed E-state index contributed by atoms with van der Waals surface area (Å²) in [5.74, 6) is -0.340. The van der Waals surface area contributed by atoms with E-state index >= 15 is 0 Å². The van der Waals surface area contributed by atoms with Crippen LogP contribution in [0.3, 0.4) is 0 Å². The highest BCUT2D eigenvalue weighted by atomic mass is 19.1. The van der Waals surface area contributed by atoms with Crippen molar-refractivity contribution in [2.45, 2.75) is 0 Å². The van der Waals surface area contributed by atoms with E-state index in [4.69, 9.17) is 0 Å². The number of aromatic nitrogens is 2. The number of halogens is 1. The Morgan fingerprint density at radius 1 is 1.32 bits per heavy atom. The lowest BCUT2D eigenvalue weighted by molar-refractivity contribution is 0.629. The van der Waals surface area contributed by atoms with Crippen molar-refractivity contribution in [3.8, 4) is 17.3 Å². The van der Waals surface area contributed by atoms with Crippen LogP contribution >= 0.6 is 0 Å². The second-order valence-corrected chi connectivity index (χ2v) is 4.30. The quantitative estimate of drug-likeness (QED) is 0.666. The monoisotopic (exact) mass is 251 g/mol. The molecule has 0 radical (unpaired) electrons. The minimum absolute atomic E-state index is 0.340. The molecule has 0 aliphatic rings. The van der Waals surface area contributed by atoms with Gasteiger partial charge in [-0.05, 0) is 30.3 Å². The highest BCUT2D eigenvalue weighted by Gasteiger charge is 2.16. The lowest BCUT2D eigenvalue weighted by Crippen LogP contribution is -1.92. The first-order valence-corrected chi connectivity index (χ1v) is 5.81. The van der Waals surface area contributed by atoms with Gasteiger partial charge in [0.25, 0.3) is 0 Å². The molecule has 0 saturated heterocycles. The van der Waals surface area contributed by atoms with E-state index in [1.54, 1.807) is 18.5 Å². The van der Waals surface area contributed by atoms with E-state index in [0.717, 1.165) is 16.8 Å². The minimum atomic E-state index is -0.340. The fourth-order valence-corrected chi connectivity index (χ4v) is 2.37. The van der Waals surface area contributed by atoms with Crippen molar-refractivity contribution in [3.05, 3.63) is 54.1 Å². The first-order valence-electron chi connectivity index (χ1n) is 5.81. The number of rotatable bonds is 1. The third-order valence-electron chi connectivity index (χ3n) is 3.21. The van der Waals surface area contributed by atoms with Crippen molar-refractivity contribution < 1.29 is 4.39 Å². The average molecular weight is 251 g/mol.